The average Bonchev–Trinajstić information content (AvgIpc) is 2.90. The summed E-state index contributed by atoms with van der Waals surface area (Å²) in [6.07, 6.45) is 3.88. The molecule has 9 nitrogen and oxygen atoms in total. The molecule has 2 amide bonds. The molecular formula is C27H29F2N5O4. The molecule has 2 aromatic heterocycles. The first-order valence-electron chi connectivity index (χ1n) is 12.1. The lowest BCUT2D eigenvalue weighted by molar-refractivity contribution is 0.0826. The van der Waals surface area contributed by atoms with Crippen LogP contribution < -0.4 is 19.7 Å². The number of nitrogens with one attached hydrogen (secondary N) is 1. The number of ether oxygens (including phenoxy) is 2. The van der Waals surface area contributed by atoms with E-state index in [1.54, 1.807) is 32.4 Å². The monoisotopic (exact) mass is 525 g/mol. The highest BCUT2D eigenvalue weighted by Crippen LogP contribution is 2.30. The van der Waals surface area contributed by atoms with Crippen molar-refractivity contribution >= 4 is 23.3 Å². The van der Waals surface area contributed by atoms with E-state index in [-0.39, 0.29) is 29.2 Å². The topological polar surface area (TPSA) is 96.9 Å². The van der Waals surface area contributed by atoms with Gasteiger partial charge in [-0.3, -0.25) is 9.59 Å². The quantitative estimate of drug-likeness (QED) is 0.497. The highest BCUT2D eigenvalue weighted by atomic mass is 19.1. The first-order chi connectivity index (χ1) is 18.2. The lowest BCUT2D eigenvalue weighted by Crippen LogP contribution is -2.39. The van der Waals surface area contributed by atoms with E-state index in [9.17, 15) is 18.4 Å². The van der Waals surface area contributed by atoms with Crippen molar-refractivity contribution in [3.63, 3.8) is 0 Å². The molecule has 1 aromatic carbocycles. The molecule has 1 aliphatic rings. The van der Waals surface area contributed by atoms with Crippen LogP contribution in [0.2, 0.25) is 0 Å². The Kier molecular flexibility index (Phi) is 8.04. The third-order valence-corrected chi connectivity index (χ3v) is 6.12. The fraction of sp³-hybridized carbons (Fsp3) is 0.333. The van der Waals surface area contributed by atoms with Gasteiger partial charge in [-0.15, -0.1) is 0 Å². The summed E-state index contributed by atoms with van der Waals surface area (Å²) in [4.78, 5) is 37.9. The van der Waals surface area contributed by atoms with Crippen molar-refractivity contribution in [1.29, 1.82) is 0 Å². The number of amides is 2. The van der Waals surface area contributed by atoms with Gasteiger partial charge in [-0.2, -0.15) is 0 Å². The molecule has 1 saturated heterocycles. The molecule has 0 unspecified atom stereocenters. The van der Waals surface area contributed by atoms with Crippen molar-refractivity contribution in [2.45, 2.75) is 25.9 Å². The minimum Gasteiger partial charge on any atom is -0.487 e. The maximum atomic E-state index is 14.0. The van der Waals surface area contributed by atoms with Crippen LogP contribution in [0.15, 0.2) is 42.7 Å². The van der Waals surface area contributed by atoms with Gasteiger partial charge in [-0.25, -0.2) is 18.7 Å². The van der Waals surface area contributed by atoms with Gasteiger partial charge in [-0.1, -0.05) is 0 Å². The highest BCUT2D eigenvalue weighted by Gasteiger charge is 2.26. The zero-order chi connectivity index (χ0) is 27.4. The van der Waals surface area contributed by atoms with Crippen LogP contribution in [-0.4, -0.2) is 67.1 Å². The number of aryl methyl sites for hydroxylation is 1. The summed E-state index contributed by atoms with van der Waals surface area (Å²) in [5.41, 5.74) is 1.70. The zero-order valence-corrected chi connectivity index (χ0v) is 21.6. The number of aromatic nitrogens is 2. The molecule has 3 heterocycles. The van der Waals surface area contributed by atoms with Crippen LogP contribution in [0.25, 0.3) is 0 Å². The van der Waals surface area contributed by atoms with Gasteiger partial charge in [0.15, 0.2) is 17.4 Å². The smallest absolute Gasteiger partial charge is 0.261 e. The first-order valence-corrected chi connectivity index (χ1v) is 12.1. The van der Waals surface area contributed by atoms with Gasteiger partial charge in [0, 0.05) is 58.5 Å². The molecule has 0 aliphatic carbocycles. The Hall–Kier alpha value is -4.28. The fourth-order valence-electron chi connectivity index (χ4n) is 4.18. The van der Waals surface area contributed by atoms with Crippen molar-refractivity contribution < 1.29 is 27.8 Å². The molecule has 200 valence electrons. The van der Waals surface area contributed by atoms with Crippen molar-refractivity contribution in [3.05, 3.63) is 71.1 Å². The largest absolute Gasteiger partial charge is 0.487 e. The van der Waals surface area contributed by atoms with E-state index in [1.165, 1.54) is 24.3 Å². The minimum absolute atomic E-state index is 0.00295. The van der Waals surface area contributed by atoms with E-state index in [0.717, 1.165) is 17.7 Å². The molecule has 0 bridgehead atoms. The second-order valence-corrected chi connectivity index (χ2v) is 9.20. The van der Waals surface area contributed by atoms with E-state index in [1.807, 2.05) is 11.8 Å². The van der Waals surface area contributed by atoms with Crippen molar-refractivity contribution in [1.82, 2.24) is 14.9 Å². The molecule has 0 saturated carbocycles. The summed E-state index contributed by atoms with van der Waals surface area (Å²) < 4.78 is 38.3. The van der Waals surface area contributed by atoms with Gasteiger partial charge in [0.1, 0.15) is 17.5 Å². The maximum absolute atomic E-state index is 14.0. The van der Waals surface area contributed by atoms with Crippen LogP contribution in [0.5, 0.6) is 11.6 Å². The third-order valence-electron chi connectivity index (χ3n) is 6.12. The Morgan fingerprint density at radius 3 is 2.47 bits per heavy atom. The fourth-order valence-corrected chi connectivity index (χ4v) is 4.18. The molecule has 0 spiro atoms. The highest BCUT2D eigenvalue weighted by molar-refractivity contribution is 6.08. The minimum atomic E-state index is -0.749. The normalized spacial score (nSPS) is 13.7. The summed E-state index contributed by atoms with van der Waals surface area (Å²) in [5, 5.41) is 2.87. The molecule has 0 atom stereocenters. The van der Waals surface area contributed by atoms with E-state index >= 15 is 0 Å². The molecule has 11 heteroatoms. The van der Waals surface area contributed by atoms with E-state index in [2.05, 4.69) is 15.3 Å². The summed E-state index contributed by atoms with van der Waals surface area (Å²) in [6.45, 7) is 2.82. The summed E-state index contributed by atoms with van der Waals surface area (Å²) in [5.74, 6) is -1.47. The van der Waals surface area contributed by atoms with E-state index in [0.29, 0.717) is 43.0 Å². The molecule has 38 heavy (non-hydrogen) atoms. The Bertz CT molecular complexity index is 1340. The molecular weight excluding hydrogens is 496 g/mol. The SMILES string of the molecule is COc1ncc(C)cc1C(=O)Nc1cc(C(=O)N(C)C)cnc1N1CCC(Oc2ccc(F)cc2F)CC1. The number of piperidine rings is 1. The number of carbonyl (C=O) groups is 2. The van der Waals surface area contributed by atoms with Gasteiger partial charge in [0.2, 0.25) is 5.88 Å². The summed E-state index contributed by atoms with van der Waals surface area (Å²) in [7, 11) is 4.70. The lowest BCUT2D eigenvalue weighted by Gasteiger charge is -2.34. The Balaban J connectivity index is 1.56. The molecule has 1 aliphatic heterocycles. The number of carbonyl (C=O) groups excluding carboxylic acids is 2. The predicted molar refractivity (Wildman–Crippen MR) is 138 cm³/mol. The molecule has 3 aromatic rings. The van der Waals surface area contributed by atoms with Crippen LogP contribution in [-0.2, 0) is 0 Å². The number of hydrogen-bond donors (Lipinski definition) is 1. The van der Waals surface area contributed by atoms with Crippen LogP contribution >= 0.6 is 0 Å². The van der Waals surface area contributed by atoms with Crippen molar-refractivity contribution in [2.24, 2.45) is 0 Å². The van der Waals surface area contributed by atoms with Crippen molar-refractivity contribution in [3.8, 4) is 11.6 Å². The first kappa shape index (κ1) is 26.8. The number of hydrogen-bond acceptors (Lipinski definition) is 7. The number of nitrogens with zero attached hydrogens (tertiary/aromatic N) is 4. The van der Waals surface area contributed by atoms with Gasteiger partial charge in [0.25, 0.3) is 11.8 Å². The van der Waals surface area contributed by atoms with E-state index < -0.39 is 17.5 Å². The van der Waals surface area contributed by atoms with Crippen LogP contribution in [0, 0.1) is 18.6 Å². The number of halogens is 2. The van der Waals surface area contributed by atoms with Gasteiger partial charge >= 0.3 is 0 Å². The number of rotatable bonds is 7. The maximum Gasteiger partial charge on any atom is 0.261 e. The second kappa shape index (κ2) is 11.4. The Labute approximate surface area is 219 Å². The molecule has 1 fully saturated rings. The molecule has 4 rings (SSSR count). The van der Waals surface area contributed by atoms with Gasteiger partial charge in [-0.05, 0) is 36.8 Å². The molecule has 1 N–H and O–H groups in total. The zero-order valence-electron chi connectivity index (χ0n) is 21.6. The standard InChI is InChI=1S/C27H29F2N5O4/c1-16-11-20(26(37-4)31-14-16)25(35)32-22-12-17(27(36)33(2)3)15-30-24(22)34-9-7-19(8-10-34)38-23-6-5-18(28)13-21(23)29/h5-6,11-15,19H,7-10H2,1-4H3,(H,32,35). The Morgan fingerprint density at radius 2 is 1.82 bits per heavy atom. The second-order valence-electron chi connectivity index (χ2n) is 9.20. The van der Waals surface area contributed by atoms with E-state index in [4.69, 9.17) is 9.47 Å². The Morgan fingerprint density at radius 1 is 1.08 bits per heavy atom. The van der Waals surface area contributed by atoms with Crippen LogP contribution in [0.3, 0.4) is 0 Å². The third kappa shape index (κ3) is 5.99. The number of benzene rings is 1. The number of methoxy groups -OCH3 is 1. The predicted octanol–water partition coefficient (Wildman–Crippen LogP) is 4.07. The van der Waals surface area contributed by atoms with Crippen molar-refractivity contribution in [2.75, 3.05) is 44.5 Å². The van der Waals surface area contributed by atoms with Crippen LogP contribution in [0.4, 0.5) is 20.3 Å². The summed E-state index contributed by atoms with van der Waals surface area (Å²) in [6, 6.07) is 6.48. The number of pyridine rings is 2. The lowest BCUT2D eigenvalue weighted by atomic mass is 10.1. The summed E-state index contributed by atoms with van der Waals surface area (Å²) >= 11 is 0. The molecule has 0 radical (unpaired) electrons. The van der Waals surface area contributed by atoms with Crippen LogP contribution in [0.1, 0.15) is 39.1 Å². The average molecular weight is 526 g/mol. The van der Waals surface area contributed by atoms with Gasteiger partial charge in [0.05, 0.1) is 18.4 Å². The number of anilines is 2. The van der Waals surface area contributed by atoms with Gasteiger partial charge < -0.3 is 24.6 Å².